The van der Waals surface area contributed by atoms with Crippen LogP contribution >= 0.6 is 0 Å². The Morgan fingerprint density at radius 2 is 1.50 bits per heavy atom. The van der Waals surface area contributed by atoms with Crippen LogP contribution in [0.1, 0.15) is 79.9 Å². The zero-order valence-electron chi connectivity index (χ0n) is 28.0. The van der Waals surface area contributed by atoms with Crippen LogP contribution in [-0.2, 0) is 11.2 Å². The number of carbonyl (C=O) groups excluding carboxylic acids is 2. The van der Waals surface area contributed by atoms with Crippen LogP contribution in [-0.4, -0.2) is 64.7 Å². The molecule has 2 aliphatic rings. The van der Waals surface area contributed by atoms with Gasteiger partial charge in [-0.15, -0.1) is 0 Å². The first-order valence-electron chi connectivity index (χ1n) is 17.4. The first kappa shape index (κ1) is 35.4. The first-order chi connectivity index (χ1) is 23.2. The Balaban J connectivity index is 1.29. The fourth-order valence-electron chi connectivity index (χ4n) is 7.22. The lowest BCUT2D eigenvalue weighted by molar-refractivity contribution is -0.137. The summed E-state index contributed by atoms with van der Waals surface area (Å²) >= 11 is 0. The predicted octanol–water partition coefficient (Wildman–Crippen LogP) is 4.98. The zero-order chi connectivity index (χ0) is 34.0. The van der Waals surface area contributed by atoms with E-state index in [1.807, 2.05) is 68.4 Å². The van der Waals surface area contributed by atoms with Gasteiger partial charge in [0.1, 0.15) is 30.8 Å². The van der Waals surface area contributed by atoms with E-state index in [9.17, 15) is 24.9 Å². The molecule has 0 spiro atoms. The Labute approximate surface area is 283 Å². The second-order valence-corrected chi connectivity index (χ2v) is 13.5. The molecule has 1 fully saturated rings. The summed E-state index contributed by atoms with van der Waals surface area (Å²) in [7, 11) is 0. The van der Waals surface area contributed by atoms with Crippen molar-refractivity contribution in [3.05, 3.63) is 95.6 Å². The number of aliphatic hydroxyl groups excluding tert-OH is 3. The molecule has 9 nitrogen and oxygen atoms in total. The largest absolute Gasteiger partial charge is 0.490 e. The Kier molecular flexibility index (Phi) is 12.5. The number of aliphatic hydroxyl groups is 3. The van der Waals surface area contributed by atoms with Crippen LogP contribution in [0.25, 0.3) is 0 Å². The minimum absolute atomic E-state index is 0.220. The van der Waals surface area contributed by atoms with Gasteiger partial charge in [-0.05, 0) is 53.6 Å². The molecule has 0 aliphatic heterocycles. The molecule has 0 radical (unpaired) electrons. The van der Waals surface area contributed by atoms with Gasteiger partial charge in [0.25, 0.3) is 5.91 Å². The Bertz CT molecular complexity index is 1480. The molecule has 258 valence electrons. The van der Waals surface area contributed by atoms with Gasteiger partial charge in [-0.2, -0.15) is 0 Å². The molecule has 0 saturated heterocycles. The minimum atomic E-state index is -1.46. The molecular weight excluding hydrogens is 608 g/mol. The van der Waals surface area contributed by atoms with Crippen LogP contribution in [0.4, 0.5) is 0 Å². The first-order valence-corrected chi connectivity index (χ1v) is 17.4. The average molecular weight is 659 g/mol. The van der Waals surface area contributed by atoms with Gasteiger partial charge < -0.3 is 35.4 Å². The maximum absolute atomic E-state index is 13.8. The molecule has 0 aromatic heterocycles. The Morgan fingerprint density at radius 3 is 2.25 bits per heavy atom. The van der Waals surface area contributed by atoms with E-state index in [4.69, 9.17) is 9.47 Å². The standard InChI is InChI=1S/C39H50N2O7/c1-25(2)34(39(46)41-35-29-18-10-9-15-27(29)24-32(35)42)37(44)36(43)31(23-26-13-5-3-6-14-26)40-38(45)30-19-11-12-20-33(30)48-22-21-47-28-16-7-4-8-17-28/h4,7-12,15-20,25-26,31-32,34-37,42-44H,3,5-6,13-14,21-24H2,1-2H3,(H,40,45)(H,41,46)/t31-,32?,34+,35?,36+,37+/m0/s1. The smallest absolute Gasteiger partial charge is 0.255 e. The van der Waals surface area contributed by atoms with Gasteiger partial charge in [0.05, 0.1) is 35.8 Å². The van der Waals surface area contributed by atoms with Crippen molar-refractivity contribution in [3.8, 4) is 11.5 Å². The molecule has 0 heterocycles. The summed E-state index contributed by atoms with van der Waals surface area (Å²) in [5.74, 6) is -0.818. The highest BCUT2D eigenvalue weighted by atomic mass is 16.5. The molecule has 6 atom stereocenters. The summed E-state index contributed by atoms with van der Waals surface area (Å²) < 4.78 is 11.7. The van der Waals surface area contributed by atoms with Crippen molar-refractivity contribution in [1.82, 2.24) is 10.6 Å². The van der Waals surface area contributed by atoms with Crippen LogP contribution in [0.2, 0.25) is 0 Å². The molecule has 3 aromatic carbocycles. The van der Waals surface area contributed by atoms with Gasteiger partial charge in [0, 0.05) is 6.42 Å². The number of benzene rings is 3. The number of carbonyl (C=O) groups is 2. The van der Waals surface area contributed by atoms with Crippen molar-refractivity contribution in [3.63, 3.8) is 0 Å². The van der Waals surface area contributed by atoms with Gasteiger partial charge in [0.15, 0.2) is 0 Å². The lowest BCUT2D eigenvalue weighted by Gasteiger charge is -2.36. The number of nitrogens with one attached hydrogen (secondary N) is 2. The summed E-state index contributed by atoms with van der Waals surface area (Å²) in [6.07, 6.45) is 2.50. The van der Waals surface area contributed by atoms with E-state index >= 15 is 0 Å². The number of ether oxygens (including phenoxy) is 2. The van der Waals surface area contributed by atoms with E-state index < -0.39 is 48.1 Å². The van der Waals surface area contributed by atoms with Crippen LogP contribution in [0.5, 0.6) is 11.5 Å². The molecule has 5 rings (SSSR count). The second kappa shape index (κ2) is 17.0. The minimum Gasteiger partial charge on any atom is -0.490 e. The van der Waals surface area contributed by atoms with E-state index in [1.54, 1.807) is 24.3 Å². The third kappa shape index (κ3) is 8.95. The van der Waals surface area contributed by atoms with Crippen LogP contribution < -0.4 is 20.1 Å². The maximum Gasteiger partial charge on any atom is 0.255 e. The van der Waals surface area contributed by atoms with Crippen molar-refractivity contribution in [1.29, 1.82) is 0 Å². The Hall–Kier alpha value is -3.92. The van der Waals surface area contributed by atoms with Gasteiger partial charge in [0.2, 0.25) is 5.91 Å². The average Bonchev–Trinajstić information content (AvgIpc) is 3.41. The molecule has 0 bridgehead atoms. The molecule has 3 aromatic rings. The Morgan fingerprint density at radius 1 is 0.833 bits per heavy atom. The summed E-state index contributed by atoms with van der Waals surface area (Å²) in [5, 5.41) is 40.1. The third-order valence-electron chi connectivity index (χ3n) is 9.77. The van der Waals surface area contributed by atoms with Crippen LogP contribution in [0, 0.1) is 17.8 Å². The quantitative estimate of drug-likeness (QED) is 0.145. The van der Waals surface area contributed by atoms with E-state index in [-0.39, 0.29) is 25.0 Å². The van der Waals surface area contributed by atoms with Crippen molar-refractivity contribution in [2.24, 2.45) is 17.8 Å². The molecule has 2 amide bonds. The lowest BCUT2D eigenvalue weighted by atomic mass is 9.79. The van der Waals surface area contributed by atoms with Gasteiger partial charge in [-0.25, -0.2) is 0 Å². The van der Waals surface area contributed by atoms with E-state index in [0.29, 0.717) is 24.2 Å². The van der Waals surface area contributed by atoms with Crippen LogP contribution in [0.3, 0.4) is 0 Å². The lowest BCUT2D eigenvalue weighted by Crippen LogP contribution is -2.55. The molecule has 2 unspecified atom stereocenters. The highest BCUT2D eigenvalue weighted by molar-refractivity contribution is 5.97. The van der Waals surface area contributed by atoms with Crippen molar-refractivity contribution < 1.29 is 34.4 Å². The van der Waals surface area contributed by atoms with Gasteiger partial charge in [-0.1, -0.05) is 101 Å². The maximum atomic E-state index is 13.8. The van der Waals surface area contributed by atoms with Gasteiger partial charge >= 0.3 is 0 Å². The summed E-state index contributed by atoms with van der Waals surface area (Å²) in [4.78, 5) is 27.5. The number of rotatable bonds is 15. The number of amides is 2. The van der Waals surface area contributed by atoms with E-state index in [2.05, 4.69) is 10.6 Å². The van der Waals surface area contributed by atoms with Crippen molar-refractivity contribution in [2.75, 3.05) is 13.2 Å². The third-order valence-corrected chi connectivity index (χ3v) is 9.77. The van der Waals surface area contributed by atoms with Gasteiger partial charge in [-0.3, -0.25) is 9.59 Å². The monoisotopic (exact) mass is 658 g/mol. The van der Waals surface area contributed by atoms with Crippen LogP contribution in [0.15, 0.2) is 78.9 Å². The highest BCUT2D eigenvalue weighted by Crippen LogP contribution is 2.34. The molecule has 5 N–H and O–H groups in total. The molecule has 1 saturated carbocycles. The molecule has 48 heavy (non-hydrogen) atoms. The fourth-order valence-corrected chi connectivity index (χ4v) is 7.22. The fraction of sp³-hybridized carbons (Fsp3) is 0.487. The second-order valence-electron chi connectivity index (χ2n) is 13.5. The predicted molar refractivity (Wildman–Crippen MR) is 184 cm³/mol. The normalized spacial score (nSPS) is 20.3. The highest BCUT2D eigenvalue weighted by Gasteiger charge is 2.41. The van der Waals surface area contributed by atoms with Crippen molar-refractivity contribution >= 4 is 11.8 Å². The van der Waals surface area contributed by atoms with E-state index in [1.165, 1.54) is 0 Å². The topological polar surface area (TPSA) is 137 Å². The van der Waals surface area contributed by atoms with E-state index in [0.717, 1.165) is 49.0 Å². The summed E-state index contributed by atoms with van der Waals surface area (Å²) in [5.41, 5.74) is 2.13. The van der Waals surface area contributed by atoms with Crippen molar-refractivity contribution in [2.45, 2.75) is 89.2 Å². The SMILES string of the molecule is CC(C)[C@@H](C(=O)NC1c2ccccc2CC1O)[C@@H](O)[C@H](O)[C@H](CC1CCCCC1)NC(=O)c1ccccc1OCCOc1ccccc1. The summed E-state index contributed by atoms with van der Waals surface area (Å²) in [6, 6.07) is 22.5. The summed E-state index contributed by atoms with van der Waals surface area (Å²) in [6.45, 7) is 4.15. The number of hydrogen-bond donors (Lipinski definition) is 5. The number of hydrogen-bond acceptors (Lipinski definition) is 7. The number of para-hydroxylation sites is 2. The number of fused-ring (bicyclic) bond motifs is 1. The molecular formula is C39H50N2O7. The molecule has 2 aliphatic carbocycles. The zero-order valence-corrected chi connectivity index (χ0v) is 28.0. The molecule has 9 heteroatoms.